The van der Waals surface area contributed by atoms with Gasteiger partial charge in [-0.15, -0.1) is 0 Å². The maximum Gasteiger partial charge on any atom is 0.255 e. The fourth-order valence-electron chi connectivity index (χ4n) is 7.63. The zero-order valence-corrected chi connectivity index (χ0v) is 32.5. The fourth-order valence-corrected chi connectivity index (χ4v) is 7.90. The number of rotatable bonds is 7. The van der Waals surface area contributed by atoms with Gasteiger partial charge in [-0.3, -0.25) is 4.57 Å². The molecule has 0 radical (unpaired) electrons. The van der Waals surface area contributed by atoms with E-state index in [0.29, 0.717) is 33.2 Å². The van der Waals surface area contributed by atoms with Crippen LogP contribution in [0.1, 0.15) is 40.0 Å². The van der Waals surface area contributed by atoms with Crippen molar-refractivity contribution in [3.8, 4) is 50.9 Å². The number of nitrogens with zero attached hydrogens (tertiary/aromatic N) is 4. The molecule has 0 unspecified atom stereocenters. The van der Waals surface area contributed by atoms with Gasteiger partial charge in [0, 0.05) is 40.2 Å². The summed E-state index contributed by atoms with van der Waals surface area (Å²) >= 11 is 6.87. The molecule has 0 aliphatic carbocycles. The second-order valence-corrected chi connectivity index (χ2v) is 15.4. The van der Waals surface area contributed by atoms with Crippen LogP contribution in [-0.4, -0.2) is 14.1 Å². The van der Waals surface area contributed by atoms with E-state index in [1.807, 2.05) is 102 Å². The Morgan fingerprint density at radius 2 is 1.33 bits per heavy atom. The van der Waals surface area contributed by atoms with Crippen molar-refractivity contribution in [3.05, 3.63) is 199 Å². The molecule has 0 aliphatic rings. The van der Waals surface area contributed by atoms with Crippen molar-refractivity contribution < 1.29 is 23.0 Å². The maximum atomic E-state index is 9.00. The number of hydrogen-bond donors (Lipinski definition) is 0. The number of pyridine rings is 1. The highest BCUT2D eigenvalue weighted by atomic mass is 35.5. The summed E-state index contributed by atoms with van der Waals surface area (Å²) in [5.41, 5.74) is 5.12. The molecule has 0 aliphatic heterocycles. The summed E-state index contributed by atoms with van der Waals surface area (Å²) < 4.78 is 99.3. The molecular formula is C52H40ClN4O+. The van der Waals surface area contributed by atoms with Gasteiger partial charge in [-0.05, 0) is 82.8 Å². The molecule has 0 spiro atoms. The summed E-state index contributed by atoms with van der Waals surface area (Å²) in [5, 5.41) is 2.45. The highest BCUT2D eigenvalue weighted by Crippen LogP contribution is 2.39. The molecule has 0 atom stereocenters. The van der Waals surface area contributed by atoms with E-state index in [1.165, 1.54) is 0 Å². The van der Waals surface area contributed by atoms with Gasteiger partial charge in [0.1, 0.15) is 28.7 Å². The largest absolute Gasteiger partial charge is 0.457 e. The molecule has 10 rings (SSSR count). The summed E-state index contributed by atoms with van der Waals surface area (Å²) in [7, 11) is 0. The Bertz CT molecular complexity index is 3600. The van der Waals surface area contributed by atoms with Gasteiger partial charge in [0.05, 0.1) is 29.8 Å². The Hall–Kier alpha value is -6.95. The first-order valence-electron chi connectivity index (χ1n) is 23.7. The molecule has 7 aromatic carbocycles. The van der Waals surface area contributed by atoms with Gasteiger partial charge in [0.15, 0.2) is 11.0 Å². The highest BCUT2D eigenvalue weighted by molar-refractivity contribution is 6.38. The molecule has 10 aromatic rings. The first-order chi connectivity index (χ1) is 32.5. The number of hydrogen-bond acceptors (Lipinski definition) is 2. The van der Waals surface area contributed by atoms with Crippen molar-refractivity contribution in [1.29, 1.82) is 0 Å². The Kier molecular flexibility index (Phi) is 6.39. The van der Waals surface area contributed by atoms with Crippen LogP contribution in [0.4, 0.5) is 0 Å². The van der Waals surface area contributed by atoms with Crippen LogP contribution < -0.4 is 9.30 Å². The number of halogens is 1. The third-order valence-corrected chi connectivity index (χ3v) is 10.6. The molecule has 3 heterocycles. The van der Waals surface area contributed by atoms with E-state index < -0.39 is 60.4 Å². The lowest BCUT2D eigenvalue weighted by Crippen LogP contribution is -2.30. The molecule has 280 valence electrons. The van der Waals surface area contributed by atoms with Crippen molar-refractivity contribution in [2.75, 3.05) is 0 Å². The van der Waals surface area contributed by atoms with Crippen LogP contribution in [0.25, 0.3) is 72.3 Å². The molecule has 0 saturated heterocycles. The lowest BCUT2D eigenvalue weighted by atomic mass is 9.88. The van der Waals surface area contributed by atoms with E-state index in [9.17, 15) is 0 Å². The molecule has 0 fully saturated rings. The molecule has 0 amide bonds. The van der Waals surface area contributed by atoms with Crippen LogP contribution in [-0.2, 0) is 5.41 Å². The van der Waals surface area contributed by atoms with E-state index in [0.717, 1.165) is 33.2 Å². The van der Waals surface area contributed by atoms with E-state index in [2.05, 4.69) is 31.4 Å². The van der Waals surface area contributed by atoms with Gasteiger partial charge >= 0.3 is 0 Å². The summed E-state index contributed by atoms with van der Waals surface area (Å²) in [5.74, 6) is 1.82. The Labute approximate surface area is 356 Å². The summed E-state index contributed by atoms with van der Waals surface area (Å²) in [6.45, 7) is 6.49. The van der Waals surface area contributed by atoms with E-state index in [-0.39, 0.29) is 33.4 Å². The number of benzene rings is 7. The van der Waals surface area contributed by atoms with Gasteiger partial charge in [-0.1, -0.05) is 135 Å². The zero-order chi connectivity index (χ0) is 48.1. The highest BCUT2D eigenvalue weighted by Gasteiger charge is 2.25. The normalized spacial score (nSPS) is 14.2. The molecule has 0 saturated carbocycles. The Morgan fingerprint density at radius 1 is 0.655 bits per heavy atom. The van der Waals surface area contributed by atoms with Crippen LogP contribution in [0, 0.1) is 0 Å². The quantitative estimate of drug-likeness (QED) is 0.151. The van der Waals surface area contributed by atoms with Gasteiger partial charge in [-0.2, -0.15) is 9.13 Å². The fraction of sp³-hybridized carbons (Fsp3) is 0.0769. The van der Waals surface area contributed by atoms with Crippen LogP contribution >= 0.6 is 11.6 Å². The van der Waals surface area contributed by atoms with Crippen LogP contribution in [0.5, 0.6) is 11.5 Å². The maximum absolute atomic E-state index is 9.00. The molecule has 3 aromatic heterocycles. The average Bonchev–Trinajstić information content (AvgIpc) is 3.88. The molecule has 6 heteroatoms. The number of imidazole rings is 1. The number of para-hydroxylation sites is 3. The molecule has 58 heavy (non-hydrogen) atoms. The minimum atomic E-state index is -0.562. The smallest absolute Gasteiger partial charge is 0.255 e. The third-order valence-electron chi connectivity index (χ3n) is 10.3. The van der Waals surface area contributed by atoms with E-state index >= 15 is 0 Å². The van der Waals surface area contributed by atoms with Crippen molar-refractivity contribution in [2.24, 2.45) is 0 Å². The van der Waals surface area contributed by atoms with Gasteiger partial charge in [0.25, 0.3) is 6.33 Å². The standard InChI is InChI=1S/C52H40ClN4O/c1-52(2,3)37-29-30-54-49(31-37)57-47-26-14-23-44(53)50(47)43-28-27-40(33-48(43)57)58-39-20-12-19-38(32-39)55-34-56(46-25-11-10-24-45(46)55)51-41(35-15-6-4-7-16-35)21-13-22-42(51)36-17-8-5-9-18-36/h4-34H,1-3H3/q+1/i4D,5D,6D,7D,8D,9D,15D,16D,17D,18D. The summed E-state index contributed by atoms with van der Waals surface area (Å²) in [6, 6.07) is 30.4. The zero-order valence-electron chi connectivity index (χ0n) is 41.7. The predicted molar refractivity (Wildman–Crippen MR) is 238 cm³/mol. The topological polar surface area (TPSA) is 35.9 Å². The Balaban J connectivity index is 1.15. The van der Waals surface area contributed by atoms with Gasteiger partial charge < -0.3 is 4.74 Å². The lowest BCUT2D eigenvalue weighted by Gasteiger charge is -2.20. The monoisotopic (exact) mass is 781 g/mol. The summed E-state index contributed by atoms with van der Waals surface area (Å²) in [6.07, 6.45) is 3.59. The lowest BCUT2D eigenvalue weighted by molar-refractivity contribution is -0.566. The van der Waals surface area contributed by atoms with Crippen molar-refractivity contribution >= 4 is 44.4 Å². The SMILES string of the molecule is [2H]c1c([2H])c([2H])c(-c2cccc(-c3c([2H])c([2H])c([2H])c([2H])c3[2H])c2-[n+]2cn(-c3cccc(Oc4ccc5c6c(Cl)cccc6n(-c6cc(C(C)(C)C)ccn6)c5c4)c3)c3ccccc32)c([2H])c1[2H]. The van der Waals surface area contributed by atoms with Crippen LogP contribution in [0.2, 0.25) is 5.02 Å². The van der Waals surface area contributed by atoms with Gasteiger partial charge in [-0.25, -0.2) is 4.98 Å². The first kappa shape index (κ1) is 26.1. The van der Waals surface area contributed by atoms with Crippen molar-refractivity contribution in [3.63, 3.8) is 0 Å². The molecule has 0 bridgehead atoms. The second-order valence-electron chi connectivity index (χ2n) is 14.9. The number of aromatic nitrogens is 4. The van der Waals surface area contributed by atoms with Gasteiger partial charge in [0.2, 0.25) is 0 Å². The predicted octanol–water partition coefficient (Wildman–Crippen LogP) is 13.5. The summed E-state index contributed by atoms with van der Waals surface area (Å²) in [4.78, 5) is 4.81. The third kappa shape index (κ3) is 6.21. The van der Waals surface area contributed by atoms with Crippen LogP contribution in [0.15, 0.2) is 188 Å². The van der Waals surface area contributed by atoms with E-state index in [4.69, 9.17) is 35.0 Å². The van der Waals surface area contributed by atoms with Crippen molar-refractivity contribution in [2.45, 2.75) is 26.2 Å². The minimum Gasteiger partial charge on any atom is -0.457 e. The minimum absolute atomic E-state index is 0.113. The van der Waals surface area contributed by atoms with Crippen LogP contribution in [0.3, 0.4) is 0 Å². The van der Waals surface area contributed by atoms with E-state index in [1.54, 1.807) is 29.1 Å². The van der Waals surface area contributed by atoms with Crippen molar-refractivity contribution in [1.82, 2.24) is 14.1 Å². The molecular weight excluding hydrogens is 732 g/mol. The Morgan fingerprint density at radius 3 is 2.07 bits per heavy atom. The molecule has 0 N–H and O–H groups in total. The number of fused-ring (bicyclic) bond motifs is 4. The average molecular weight is 782 g/mol. The first-order valence-corrected chi connectivity index (χ1v) is 19.1. The molecule has 5 nitrogen and oxygen atoms in total. The second kappa shape index (κ2) is 14.2. The number of ether oxygens (including phenoxy) is 1.